The highest BCUT2D eigenvalue weighted by molar-refractivity contribution is 8.00. The summed E-state index contributed by atoms with van der Waals surface area (Å²) >= 11 is 1.51. The number of likely N-dealkylation sites (tertiary alicyclic amines) is 1. The Balaban J connectivity index is 0.00000192. The largest absolute Gasteiger partial charge is 0.338 e. The van der Waals surface area contributed by atoms with Crippen molar-refractivity contribution in [2.24, 2.45) is 5.92 Å². The van der Waals surface area contributed by atoms with Crippen LogP contribution < -0.4 is 10.6 Å². The number of fused-ring (bicyclic) bond motifs is 1. The topological polar surface area (TPSA) is 61.4 Å². The maximum Gasteiger partial charge on any atom is 0.253 e. The minimum absolute atomic E-state index is 0. The smallest absolute Gasteiger partial charge is 0.253 e. The van der Waals surface area contributed by atoms with Crippen molar-refractivity contribution in [3.63, 3.8) is 0 Å². The average molecular weight is 356 g/mol. The summed E-state index contributed by atoms with van der Waals surface area (Å²) in [5, 5.41) is 6.04. The molecule has 0 aromatic heterocycles. The number of amides is 2. The van der Waals surface area contributed by atoms with Gasteiger partial charge in [0, 0.05) is 23.5 Å². The van der Waals surface area contributed by atoms with Gasteiger partial charge in [0.15, 0.2) is 0 Å². The number of nitrogens with zero attached hydrogens (tertiary/aromatic N) is 1. The number of anilines is 1. The van der Waals surface area contributed by atoms with Gasteiger partial charge in [-0.1, -0.05) is 0 Å². The Labute approximate surface area is 147 Å². The van der Waals surface area contributed by atoms with Crippen molar-refractivity contribution in [1.29, 1.82) is 0 Å². The van der Waals surface area contributed by atoms with Crippen LogP contribution in [0.1, 0.15) is 23.2 Å². The number of benzene rings is 1. The van der Waals surface area contributed by atoms with Gasteiger partial charge < -0.3 is 15.5 Å². The number of thioether (sulfide) groups is 1. The van der Waals surface area contributed by atoms with E-state index < -0.39 is 0 Å². The van der Waals surface area contributed by atoms with E-state index in [9.17, 15) is 9.59 Å². The summed E-state index contributed by atoms with van der Waals surface area (Å²) in [6.07, 6.45) is 2.22. The SMILES string of the molecule is CNCC1CCCN(C(=O)c2ccc3c(c2)NC(=O)CS3)C1.Cl. The number of hydrogen-bond donors (Lipinski definition) is 2. The molecule has 0 aliphatic carbocycles. The standard InChI is InChI=1S/C16H21N3O2S.ClH/c1-17-8-11-3-2-6-19(9-11)16(21)12-4-5-14-13(7-12)18-15(20)10-22-14;/h4-5,7,11,17H,2-3,6,8-10H2,1H3,(H,18,20);1H. The highest BCUT2D eigenvalue weighted by atomic mass is 35.5. The van der Waals surface area contributed by atoms with E-state index in [1.54, 1.807) is 0 Å². The highest BCUT2D eigenvalue weighted by Crippen LogP contribution is 2.32. The van der Waals surface area contributed by atoms with Crippen LogP contribution in [-0.2, 0) is 4.79 Å². The van der Waals surface area contributed by atoms with E-state index in [1.807, 2.05) is 30.1 Å². The van der Waals surface area contributed by atoms with Gasteiger partial charge in [0.05, 0.1) is 11.4 Å². The molecular formula is C16H22ClN3O2S. The molecule has 2 N–H and O–H groups in total. The second kappa shape index (κ2) is 8.04. The van der Waals surface area contributed by atoms with Crippen molar-refractivity contribution in [2.45, 2.75) is 17.7 Å². The monoisotopic (exact) mass is 355 g/mol. The Morgan fingerprint density at radius 1 is 1.48 bits per heavy atom. The Morgan fingerprint density at radius 2 is 2.30 bits per heavy atom. The summed E-state index contributed by atoms with van der Waals surface area (Å²) in [5.74, 6) is 1.02. The lowest BCUT2D eigenvalue weighted by atomic mass is 9.97. The van der Waals surface area contributed by atoms with Crippen molar-refractivity contribution in [2.75, 3.05) is 37.8 Å². The van der Waals surface area contributed by atoms with Gasteiger partial charge in [0.1, 0.15) is 0 Å². The number of nitrogens with one attached hydrogen (secondary N) is 2. The van der Waals surface area contributed by atoms with Gasteiger partial charge >= 0.3 is 0 Å². The van der Waals surface area contributed by atoms with E-state index in [2.05, 4.69) is 10.6 Å². The van der Waals surface area contributed by atoms with Crippen LogP contribution in [0.25, 0.3) is 0 Å². The zero-order valence-corrected chi connectivity index (χ0v) is 14.8. The first-order valence-corrected chi connectivity index (χ1v) is 8.66. The van der Waals surface area contributed by atoms with Crippen LogP contribution in [0.15, 0.2) is 23.1 Å². The number of halogens is 1. The second-order valence-corrected chi connectivity index (χ2v) is 6.88. The maximum atomic E-state index is 12.7. The number of carbonyl (C=O) groups excluding carboxylic acids is 2. The molecule has 23 heavy (non-hydrogen) atoms. The van der Waals surface area contributed by atoms with E-state index in [-0.39, 0.29) is 24.2 Å². The van der Waals surface area contributed by atoms with Crippen molar-refractivity contribution in [1.82, 2.24) is 10.2 Å². The van der Waals surface area contributed by atoms with Crippen LogP contribution in [0.5, 0.6) is 0 Å². The number of hydrogen-bond acceptors (Lipinski definition) is 4. The molecule has 1 aromatic carbocycles. The van der Waals surface area contributed by atoms with E-state index in [1.165, 1.54) is 18.2 Å². The fraction of sp³-hybridized carbons (Fsp3) is 0.500. The lowest BCUT2D eigenvalue weighted by Crippen LogP contribution is -2.42. The van der Waals surface area contributed by atoms with Gasteiger partial charge in [-0.25, -0.2) is 0 Å². The minimum atomic E-state index is -0.00541. The van der Waals surface area contributed by atoms with Crippen LogP contribution in [0.2, 0.25) is 0 Å². The molecular weight excluding hydrogens is 334 g/mol. The molecule has 1 unspecified atom stereocenters. The normalized spacial score (nSPS) is 20.3. The number of rotatable bonds is 3. The molecule has 126 valence electrons. The zero-order chi connectivity index (χ0) is 15.5. The first-order valence-electron chi connectivity index (χ1n) is 7.68. The number of piperidine rings is 1. The van der Waals surface area contributed by atoms with Crippen LogP contribution in [0.4, 0.5) is 5.69 Å². The molecule has 3 rings (SSSR count). The zero-order valence-electron chi connectivity index (χ0n) is 13.1. The molecule has 0 saturated carbocycles. The average Bonchev–Trinajstić information content (AvgIpc) is 2.54. The van der Waals surface area contributed by atoms with Crippen LogP contribution >= 0.6 is 24.2 Å². The summed E-state index contributed by atoms with van der Waals surface area (Å²) in [7, 11) is 1.95. The molecule has 2 aliphatic heterocycles. The summed E-state index contributed by atoms with van der Waals surface area (Å²) in [4.78, 5) is 27.2. The van der Waals surface area contributed by atoms with E-state index in [0.29, 0.717) is 17.2 Å². The van der Waals surface area contributed by atoms with Gasteiger partial charge in [0.2, 0.25) is 5.91 Å². The van der Waals surface area contributed by atoms with Gasteiger partial charge in [-0.3, -0.25) is 9.59 Å². The summed E-state index contributed by atoms with van der Waals surface area (Å²) in [5.41, 5.74) is 1.42. The minimum Gasteiger partial charge on any atom is -0.338 e. The first kappa shape index (κ1) is 18.1. The van der Waals surface area contributed by atoms with Gasteiger partial charge in [0.25, 0.3) is 5.91 Å². The van der Waals surface area contributed by atoms with Gasteiger partial charge in [-0.05, 0) is 50.6 Å². The fourth-order valence-electron chi connectivity index (χ4n) is 3.10. The molecule has 1 atom stereocenters. The molecule has 1 saturated heterocycles. The Kier molecular flexibility index (Phi) is 6.33. The Bertz CT molecular complexity index is 595. The van der Waals surface area contributed by atoms with Gasteiger partial charge in [-0.2, -0.15) is 0 Å². The Hall–Kier alpha value is -1.24. The molecule has 0 spiro atoms. The quantitative estimate of drug-likeness (QED) is 0.872. The highest BCUT2D eigenvalue weighted by Gasteiger charge is 2.25. The third kappa shape index (κ3) is 4.19. The van der Waals surface area contributed by atoms with Crippen molar-refractivity contribution in [3.05, 3.63) is 23.8 Å². The van der Waals surface area contributed by atoms with Crippen molar-refractivity contribution < 1.29 is 9.59 Å². The molecule has 2 amide bonds. The summed E-state index contributed by atoms with van der Waals surface area (Å²) in [6, 6.07) is 5.61. The molecule has 7 heteroatoms. The molecule has 0 radical (unpaired) electrons. The molecule has 5 nitrogen and oxygen atoms in total. The second-order valence-electron chi connectivity index (χ2n) is 5.86. The van der Waals surface area contributed by atoms with Crippen molar-refractivity contribution >= 4 is 41.7 Å². The summed E-state index contributed by atoms with van der Waals surface area (Å²) in [6.45, 7) is 2.57. The molecule has 2 heterocycles. The third-order valence-corrected chi connectivity index (χ3v) is 5.23. The lowest BCUT2D eigenvalue weighted by molar-refractivity contribution is -0.113. The fourth-order valence-corrected chi connectivity index (χ4v) is 3.89. The maximum absolute atomic E-state index is 12.7. The van der Waals surface area contributed by atoms with Crippen LogP contribution in [0, 0.1) is 5.92 Å². The third-order valence-electron chi connectivity index (χ3n) is 4.16. The van der Waals surface area contributed by atoms with Crippen LogP contribution in [-0.4, -0.2) is 49.1 Å². The molecule has 1 fully saturated rings. The molecule has 1 aromatic rings. The molecule has 2 aliphatic rings. The predicted octanol–water partition coefficient (Wildman–Crippen LogP) is 2.22. The predicted molar refractivity (Wildman–Crippen MR) is 95.6 cm³/mol. The lowest BCUT2D eigenvalue weighted by Gasteiger charge is -2.33. The van der Waals surface area contributed by atoms with Crippen molar-refractivity contribution in [3.8, 4) is 0 Å². The number of carbonyl (C=O) groups is 2. The van der Waals surface area contributed by atoms with E-state index in [4.69, 9.17) is 0 Å². The summed E-state index contributed by atoms with van der Waals surface area (Å²) < 4.78 is 0. The van der Waals surface area contributed by atoms with Gasteiger partial charge in [-0.15, -0.1) is 24.2 Å². The molecule has 0 bridgehead atoms. The Morgan fingerprint density at radius 3 is 3.09 bits per heavy atom. The van der Waals surface area contributed by atoms with Crippen LogP contribution in [0.3, 0.4) is 0 Å². The first-order chi connectivity index (χ1) is 10.7. The van der Waals surface area contributed by atoms with E-state index >= 15 is 0 Å². The van der Waals surface area contributed by atoms with E-state index in [0.717, 1.165) is 36.6 Å².